The molecule has 3 aromatic carbocycles. The van der Waals surface area contributed by atoms with Crippen LogP contribution in [0.25, 0.3) is 6.08 Å². The maximum atomic E-state index is 13.5. The molecule has 1 aliphatic heterocycles. The largest absolute Gasteiger partial charge is 0.493 e. The van der Waals surface area contributed by atoms with Crippen molar-refractivity contribution < 1.29 is 19.0 Å². The second kappa shape index (κ2) is 10.7. The van der Waals surface area contributed by atoms with Gasteiger partial charge >= 0.3 is 0 Å². The number of aliphatic imine (C=N–C) groups is 1. The Morgan fingerprint density at radius 2 is 1.68 bits per heavy atom. The van der Waals surface area contributed by atoms with Gasteiger partial charge in [-0.05, 0) is 55.0 Å². The molecular formula is C27H27N3O4. The van der Waals surface area contributed by atoms with Gasteiger partial charge in [0.25, 0.3) is 5.91 Å². The number of nitrogens with one attached hydrogen (secondary N) is 1. The van der Waals surface area contributed by atoms with Crippen LogP contribution >= 0.6 is 0 Å². The Bertz CT molecular complexity index is 1200. The van der Waals surface area contributed by atoms with Gasteiger partial charge in [0.15, 0.2) is 11.5 Å². The van der Waals surface area contributed by atoms with Crippen molar-refractivity contribution in [2.24, 2.45) is 4.99 Å². The van der Waals surface area contributed by atoms with Crippen molar-refractivity contribution in [1.82, 2.24) is 0 Å². The van der Waals surface area contributed by atoms with Crippen molar-refractivity contribution in [2.75, 3.05) is 37.8 Å². The van der Waals surface area contributed by atoms with Gasteiger partial charge in [0.1, 0.15) is 18.3 Å². The topological polar surface area (TPSA) is 72.4 Å². The standard InChI is InChI=1S/C27H27N3O4/c1-4-34-18-28-21-11-13-22(14-12-21)30-26(20-8-6-5-7-9-20)29-23(27(30)31)16-19-10-15-24(32-2)25(17-19)33-3/h5-17,28H,4,18H2,1-3H3/b23-16-. The van der Waals surface area contributed by atoms with Crippen LogP contribution in [0, 0.1) is 0 Å². The van der Waals surface area contributed by atoms with Crippen molar-refractivity contribution in [2.45, 2.75) is 6.92 Å². The number of hydrogen-bond acceptors (Lipinski definition) is 6. The third kappa shape index (κ3) is 4.94. The molecule has 0 aromatic heterocycles. The molecule has 0 fully saturated rings. The minimum Gasteiger partial charge on any atom is -0.493 e. The molecule has 0 bridgehead atoms. The summed E-state index contributed by atoms with van der Waals surface area (Å²) in [5, 5.41) is 3.19. The lowest BCUT2D eigenvalue weighted by Gasteiger charge is -2.19. The SMILES string of the molecule is CCOCNc1ccc(N2C(=O)/C(=C/c3ccc(OC)c(OC)c3)N=C2c2ccccc2)cc1. The predicted molar refractivity (Wildman–Crippen MR) is 135 cm³/mol. The van der Waals surface area contributed by atoms with Crippen LogP contribution in [0.3, 0.4) is 0 Å². The van der Waals surface area contributed by atoms with Gasteiger partial charge in [0.2, 0.25) is 0 Å². The van der Waals surface area contributed by atoms with E-state index in [1.54, 1.807) is 31.3 Å². The van der Waals surface area contributed by atoms with Crippen molar-refractivity contribution in [3.8, 4) is 11.5 Å². The summed E-state index contributed by atoms with van der Waals surface area (Å²) in [6.45, 7) is 3.01. The number of carbonyl (C=O) groups is 1. The minimum absolute atomic E-state index is 0.205. The van der Waals surface area contributed by atoms with Crippen molar-refractivity contribution in [3.05, 3.63) is 89.6 Å². The number of ether oxygens (including phenoxy) is 3. The van der Waals surface area contributed by atoms with E-state index in [9.17, 15) is 4.79 Å². The van der Waals surface area contributed by atoms with Gasteiger partial charge in [-0.25, -0.2) is 4.99 Å². The fraction of sp³-hybridized carbons (Fsp3) is 0.185. The van der Waals surface area contributed by atoms with Gasteiger partial charge in [0.05, 0.1) is 19.9 Å². The number of rotatable bonds is 9. The number of nitrogens with zero attached hydrogens (tertiary/aromatic N) is 2. The van der Waals surface area contributed by atoms with Crippen LogP contribution in [-0.4, -0.2) is 39.3 Å². The van der Waals surface area contributed by atoms with Crippen LogP contribution in [0.4, 0.5) is 11.4 Å². The highest BCUT2D eigenvalue weighted by atomic mass is 16.5. The molecule has 34 heavy (non-hydrogen) atoms. The summed E-state index contributed by atoms with van der Waals surface area (Å²) < 4.78 is 16.0. The third-order valence-electron chi connectivity index (χ3n) is 5.31. The van der Waals surface area contributed by atoms with Crippen molar-refractivity contribution in [1.29, 1.82) is 0 Å². The van der Waals surface area contributed by atoms with E-state index in [1.807, 2.05) is 73.7 Å². The first-order chi connectivity index (χ1) is 16.6. The minimum atomic E-state index is -0.205. The zero-order valence-corrected chi connectivity index (χ0v) is 19.4. The molecule has 1 aliphatic rings. The fourth-order valence-corrected chi connectivity index (χ4v) is 3.60. The molecule has 174 valence electrons. The number of methoxy groups -OCH3 is 2. The van der Waals surface area contributed by atoms with Gasteiger partial charge in [-0.1, -0.05) is 36.4 Å². The Morgan fingerprint density at radius 1 is 0.941 bits per heavy atom. The van der Waals surface area contributed by atoms with E-state index in [-0.39, 0.29) is 5.91 Å². The van der Waals surface area contributed by atoms with Gasteiger partial charge in [-0.3, -0.25) is 9.69 Å². The molecule has 7 heteroatoms. The number of hydrogen-bond donors (Lipinski definition) is 1. The number of amides is 1. The lowest BCUT2D eigenvalue weighted by molar-refractivity contribution is -0.113. The molecule has 1 amide bonds. The van der Waals surface area contributed by atoms with E-state index in [0.29, 0.717) is 36.4 Å². The maximum Gasteiger partial charge on any atom is 0.282 e. The first kappa shape index (κ1) is 23.1. The number of benzene rings is 3. The molecule has 0 spiro atoms. The number of anilines is 2. The van der Waals surface area contributed by atoms with Crippen LogP contribution in [0.2, 0.25) is 0 Å². The molecule has 1 heterocycles. The summed E-state index contributed by atoms with van der Waals surface area (Å²) in [6, 6.07) is 22.8. The normalized spacial score (nSPS) is 14.3. The summed E-state index contributed by atoms with van der Waals surface area (Å²) in [4.78, 5) is 19.9. The average molecular weight is 458 g/mol. The summed E-state index contributed by atoms with van der Waals surface area (Å²) in [6.07, 6.45) is 1.76. The van der Waals surface area contributed by atoms with Crippen LogP contribution < -0.4 is 19.7 Å². The molecule has 7 nitrogen and oxygen atoms in total. The third-order valence-corrected chi connectivity index (χ3v) is 5.31. The second-order valence-electron chi connectivity index (χ2n) is 7.45. The Labute approximate surface area is 199 Å². The van der Waals surface area contributed by atoms with E-state index in [1.165, 1.54) is 0 Å². The zero-order valence-electron chi connectivity index (χ0n) is 19.4. The Balaban J connectivity index is 1.69. The van der Waals surface area contributed by atoms with Crippen LogP contribution in [0.15, 0.2) is 83.5 Å². The van der Waals surface area contributed by atoms with E-state index < -0.39 is 0 Å². The molecule has 0 atom stereocenters. The van der Waals surface area contributed by atoms with Gasteiger partial charge in [-0.15, -0.1) is 0 Å². The molecule has 0 saturated heterocycles. The summed E-state index contributed by atoms with van der Waals surface area (Å²) in [5.74, 6) is 1.58. The Morgan fingerprint density at radius 3 is 2.35 bits per heavy atom. The van der Waals surface area contributed by atoms with Crippen LogP contribution in [0.5, 0.6) is 11.5 Å². The molecule has 1 N–H and O–H groups in total. The number of carbonyl (C=O) groups excluding carboxylic acids is 1. The second-order valence-corrected chi connectivity index (χ2v) is 7.45. The van der Waals surface area contributed by atoms with E-state index in [0.717, 1.165) is 22.5 Å². The molecule has 0 radical (unpaired) electrons. The first-order valence-electron chi connectivity index (χ1n) is 11.0. The van der Waals surface area contributed by atoms with E-state index in [2.05, 4.69) is 5.32 Å². The molecule has 0 aliphatic carbocycles. The van der Waals surface area contributed by atoms with Crippen molar-refractivity contribution >= 4 is 29.2 Å². The summed E-state index contributed by atoms with van der Waals surface area (Å²) >= 11 is 0. The zero-order chi connectivity index (χ0) is 23.9. The highest BCUT2D eigenvalue weighted by Gasteiger charge is 2.32. The fourth-order valence-electron chi connectivity index (χ4n) is 3.60. The monoisotopic (exact) mass is 457 g/mol. The maximum absolute atomic E-state index is 13.5. The number of amidine groups is 1. The average Bonchev–Trinajstić information content (AvgIpc) is 3.20. The van der Waals surface area contributed by atoms with Gasteiger partial charge in [-0.2, -0.15) is 0 Å². The van der Waals surface area contributed by atoms with Crippen molar-refractivity contribution in [3.63, 3.8) is 0 Å². The lowest BCUT2D eigenvalue weighted by Crippen LogP contribution is -2.32. The lowest BCUT2D eigenvalue weighted by atomic mass is 10.1. The Kier molecular flexibility index (Phi) is 7.25. The first-order valence-corrected chi connectivity index (χ1v) is 11.0. The van der Waals surface area contributed by atoms with Gasteiger partial charge < -0.3 is 19.5 Å². The molecule has 0 unspecified atom stereocenters. The smallest absolute Gasteiger partial charge is 0.282 e. The predicted octanol–water partition coefficient (Wildman–Crippen LogP) is 4.94. The van der Waals surface area contributed by atoms with Gasteiger partial charge in [0, 0.05) is 17.9 Å². The van der Waals surface area contributed by atoms with E-state index in [4.69, 9.17) is 19.2 Å². The summed E-state index contributed by atoms with van der Waals surface area (Å²) in [5.41, 5.74) is 3.61. The quantitative estimate of drug-likeness (QED) is 0.280. The highest BCUT2D eigenvalue weighted by Crippen LogP contribution is 2.31. The molecule has 0 saturated carbocycles. The highest BCUT2D eigenvalue weighted by molar-refractivity contribution is 6.33. The van der Waals surface area contributed by atoms with E-state index >= 15 is 0 Å². The van der Waals surface area contributed by atoms with Crippen LogP contribution in [0.1, 0.15) is 18.1 Å². The summed E-state index contributed by atoms with van der Waals surface area (Å²) in [7, 11) is 3.16. The molecule has 3 aromatic rings. The molecule has 4 rings (SSSR count). The molecular weight excluding hydrogens is 430 g/mol. The van der Waals surface area contributed by atoms with Crippen LogP contribution in [-0.2, 0) is 9.53 Å². The Hall–Kier alpha value is -4.10.